The summed E-state index contributed by atoms with van der Waals surface area (Å²) in [6, 6.07) is 26.5. The number of benzene rings is 4. The Balaban J connectivity index is 1.58. The second-order valence-electron chi connectivity index (χ2n) is 7.24. The molecule has 30 heavy (non-hydrogen) atoms. The summed E-state index contributed by atoms with van der Waals surface area (Å²) in [5, 5.41) is 8.22. The van der Waals surface area contributed by atoms with Crippen LogP contribution in [0.3, 0.4) is 0 Å². The number of oxime groups is 1. The highest BCUT2D eigenvalue weighted by molar-refractivity contribution is 6.25. The van der Waals surface area contributed by atoms with E-state index in [-0.39, 0.29) is 0 Å². The molecule has 0 saturated carbocycles. The highest BCUT2D eigenvalue weighted by atomic mass is 16.7. The monoisotopic (exact) mass is 393 g/mol. The van der Waals surface area contributed by atoms with Crippen LogP contribution in [0.15, 0.2) is 89.6 Å². The Labute approximate surface area is 174 Å². The van der Waals surface area contributed by atoms with Gasteiger partial charge in [-0.1, -0.05) is 78.0 Å². The van der Waals surface area contributed by atoms with E-state index in [0.29, 0.717) is 23.6 Å². The maximum Gasteiger partial charge on any atom is 0.367 e. The Hall–Kier alpha value is -3.92. The fourth-order valence-corrected chi connectivity index (χ4v) is 3.79. The van der Waals surface area contributed by atoms with Crippen molar-refractivity contribution in [2.24, 2.45) is 5.16 Å². The van der Waals surface area contributed by atoms with Crippen molar-refractivity contribution in [2.45, 2.75) is 13.5 Å². The molecule has 4 heteroatoms. The number of nitrogens with zero attached hydrogens (tertiary/aromatic N) is 1. The molecule has 0 fully saturated rings. The topological polar surface area (TPSA) is 47.9 Å². The molecular formula is C26H19NO3. The lowest BCUT2D eigenvalue weighted by atomic mass is 10.00. The van der Waals surface area contributed by atoms with Crippen molar-refractivity contribution in [2.75, 3.05) is 0 Å². The number of ether oxygens (including phenoxy) is 1. The van der Waals surface area contributed by atoms with E-state index in [2.05, 4.69) is 29.4 Å². The fraction of sp³-hybridized carbons (Fsp3) is 0.0769. The molecule has 4 nitrogen and oxygen atoms in total. The third kappa shape index (κ3) is 3.22. The predicted molar refractivity (Wildman–Crippen MR) is 119 cm³/mol. The van der Waals surface area contributed by atoms with Crippen LogP contribution in [0, 0.1) is 0 Å². The number of rotatable bonds is 4. The summed E-state index contributed by atoms with van der Waals surface area (Å²) in [6.07, 6.45) is 1.81. The number of hydrogen-bond donors (Lipinski definition) is 0. The number of carbonyl (C=O) groups excluding carboxylic acids is 1. The van der Waals surface area contributed by atoms with Gasteiger partial charge in [0.05, 0.1) is 11.3 Å². The molecule has 146 valence electrons. The molecule has 0 N–H and O–H groups in total. The molecule has 0 amide bonds. The van der Waals surface area contributed by atoms with Crippen molar-refractivity contribution in [1.29, 1.82) is 0 Å². The van der Waals surface area contributed by atoms with E-state index < -0.39 is 5.97 Å². The van der Waals surface area contributed by atoms with Gasteiger partial charge in [0.1, 0.15) is 12.4 Å². The van der Waals surface area contributed by atoms with Gasteiger partial charge in [-0.05, 0) is 46.2 Å². The van der Waals surface area contributed by atoms with Gasteiger partial charge in [0.15, 0.2) is 0 Å². The van der Waals surface area contributed by atoms with Crippen LogP contribution in [0.2, 0.25) is 0 Å². The minimum absolute atomic E-state index is 0.424. The lowest BCUT2D eigenvalue weighted by Gasteiger charge is -2.14. The average Bonchev–Trinajstić information content (AvgIpc) is 3.10. The molecule has 0 atom stereocenters. The van der Waals surface area contributed by atoms with Crippen LogP contribution in [-0.2, 0) is 16.2 Å². The molecule has 0 unspecified atom stereocenters. The van der Waals surface area contributed by atoms with Crippen LogP contribution in [-0.4, -0.2) is 11.7 Å². The van der Waals surface area contributed by atoms with Crippen molar-refractivity contribution >= 4 is 39.3 Å². The lowest BCUT2D eigenvalue weighted by molar-refractivity contribution is -0.136. The van der Waals surface area contributed by atoms with Gasteiger partial charge in [-0.15, -0.1) is 0 Å². The Morgan fingerprint density at radius 1 is 0.867 bits per heavy atom. The molecule has 0 spiro atoms. The van der Waals surface area contributed by atoms with Crippen LogP contribution in [0.25, 0.3) is 27.6 Å². The van der Waals surface area contributed by atoms with Crippen molar-refractivity contribution in [1.82, 2.24) is 0 Å². The molecule has 1 aliphatic rings. The SMILES string of the molecule is CC1=NOC(=O)/C1=C/c1c(OCc2cccc3ccccc23)ccc2ccccc12. The van der Waals surface area contributed by atoms with E-state index in [9.17, 15) is 4.79 Å². The van der Waals surface area contributed by atoms with Crippen LogP contribution >= 0.6 is 0 Å². The summed E-state index contributed by atoms with van der Waals surface area (Å²) in [4.78, 5) is 16.9. The third-order valence-electron chi connectivity index (χ3n) is 5.36. The molecule has 1 aliphatic heterocycles. The van der Waals surface area contributed by atoms with E-state index in [1.54, 1.807) is 6.92 Å². The first-order valence-electron chi connectivity index (χ1n) is 9.80. The van der Waals surface area contributed by atoms with E-state index in [4.69, 9.17) is 9.57 Å². The van der Waals surface area contributed by atoms with Crippen LogP contribution in [0.4, 0.5) is 0 Å². The third-order valence-corrected chi connectivity index (χ3v) is 5.36. The van der Waals surface area contributed by atoms with E-state index in [1.165, 1.54) is 10.8 Å². The average molecular weight is 393 g/mol. The molecule has 0 aromatic heterocycles. The summed E-state index contributed by atoms with van der Waals surface area (Å²) < 4.78 is 6.28. The van der Waals surface area contributed by atoms with Crippen molar-refractivity contribution in [3.8, 4) is 5.75 Å². The van der Waals surface area contributed by atoms with E-state index in [1.807, 2.05) is 60.7 Å². The quantitative estimate of drug-likeness (QED) is 0.321. The fourth-order valence-electron chi connectivity index (χ4n) is 3.79. The van der Waals surface area contributed by atoms with E-state index in [0.717, 1.165) is 21.9 Å². The minimum atomic E-state index is -0.444. The first-order chi connectivity index (χ1) is 14.7. The predicted octanol–water partition coefficient (Wildman–Crippen LogP) is 5.89. The Morgan fingerprint density at radius 2 is 1.57 bits per heavy atom. The second-order valence-corrected chi connectivity index (χ2v) is 7.24. The van der Waals surface area contributed by atoms with Gasteiger partial charge >= 0.3 is 5.97 Å². The van der Waals surface area contributed by atoms with Crippen molar-refractivity contribution in [3.05, 3.63) is 95.6 Å². The van der Waals surface area contributed by atoms with Gasteiger partial charge in [0.2, 0.25) is 0 Å². The van der Waals surface area contributed by atoms with Gasteiger partial charge in [-0.25, -0.2) is 4.79 Å². The molecule has 4 aromatic rings. The summed E-state index contributed by atoms with van der Waals surface area (Å²) in [7, 11) is 0. The molecule has 0 bridgehead atoms. The largest absolute Gasteiger partial charge is 0.488 e. The number of hydrogen-bond acceptors (Lipinski definition) is 4. The minimum Gasteiger partial charge on any atom is -0.488 e. The summed E-state index contributed by atoms with van der Waals surface area (Å²) >= 11 is 0. The van der Waals surface area contributed by atoms with Gasteiger partial charge in [0.25, 0.3) is 0 Å². The lowest BCUT2D eigenvalue weighted by Crippen LogP contribution is -2.03. The Kier molecular flexibility index (Phi) is 4.52. The summed E-state index contributed by atoms with van der Waals surface area (Å²) in [6.45, 7) is 2.19. The molecule has 5 rings (SSSR count). The molecule has 0 radical (unpaired) electrons. The van der Waals surface area contributed by atoms with Crippen LogP contribution in [0.5, 0.6) is 5.75 Å². The molecule has 1 heterocycles. The standard InChI is InChI=1S/C26H19NO3/c1-17-23(26(28)30-27-17)15-24-22-12-5-3-8-19(22)13-14-25(24)29-16-20-10-6-9-18-7-2-4-11-21(18)20/h2-15H,16H2,1H3/b23-15+. The Morgan fingerprint density at radius 3 is 2.33 bits per heavy atom. The first-order valence-corrected chi connectivity index (χ1v) is 9.80. The van der Waals surface area contributed by atoms with E-state index >= 15 is 0 Å². The maximum absolute atomic E-state index is 12.1. The van der Waals surface area contributed by atoms with Crippen LogP contribution < -0.4 is 4.74 Å². The van der Waals surface area contributed by atoms with Gasteiger partial charge in [0, 0.05) is 5.56 Å². The zero-order valence-corrected chi connectivity index (χ0v) is 16.5. The summed E-state index contributed by atoms with van der Waals surface area (Å²) in [5.74, 6) is 0.266. The maximum atomic E-state index is 12.1. The zero-order valence-electron chi connectivity index (χ0n) is 16.5. The smallest absolute Gasteiger partial charge is 0.367 e. The molecule has 0 saturated heterocycles. The highest BCUT2D eigenvalue weighted by Crippen LogP contribution is 2.32. The highest BCUT2D eigenvalue weighted by Gasteiger charge is 2.23. The number of carbonyl (C=O) groups is 1. The summed E-state index contributed by atoms with van der Waals surface area (Å²) in [5.41, 5.74) is 2.96. The second kappa shape index (κ2) is 7.48. The van der Waals surface area contributed by atoms with Gasteiger partial charge in [-0.3, -0.25) is 0 Å². The first kappa shape index (κ1) is 18.1. The van der Waals surface area contributed by atoms with Crippen molar-refractivity contribution < 1.29 is 14.4 Å². The van der Waals surface area contributed by atoms with Crippen LogP contribution in [0.1, 0.15) is 18.1 Å². The van der Waals surface area contributed by atoms with Crippen molar-refractivity contribution in [3.63, 3.8) is 0 Å². The molecule has 4 aromatic carbocycles. The Bertz CT molecular complexity index is 1350. The normalized spacial score (nSPS) is 14.9. The van der Waals surface area contributed by atoms with Gasteiger partial charge < -0.3 is 9.57 Å². The molecule has 0 aliphatic carbocycles. The molecular weight excluding hydrogens is 374 g/mol. The number of fused-ring (bicyclic) bond motifs is 2. The van der Waals surface area contributed by atoms with Gasteiger partial charge in [-0.2, -0.15) is 0 Å². The zero-order chi connectivity index (χ0) is 20.5.